The van der Waals surface area contributed by atoms with Crippen LogP contribution in [0, 0.1) is 6.92 Å². The van der Waals surface area contributed by atoms with Gasteiger partial charge in [0, 0.05) is 28.7 Å². The summed E-state index contributed by atoms with van der Waals surface area (Å²) in [5.41, 5.74) is 11.4. The number of nitrogens with one attached hydrogen (secondary N) is 1. The highest BCUT2D eigenvalue weighted by Gasteiger charge is 2.16. The van der Waals surface area contributed by atoms with E-state index in [1.54, 1.807) is 30.5 Å². The van der Waals surface area contributed by atoms with E-state index < -0.39 is 5.91 Å². The summed E-state index contributed by atoms with van der Waals surface area (Å²) in [6.07, 6.45) is 3.22. The normalized spacial score (nSPS) is 11.4. The number of aryl methyl sites for hydroxylation is 1. The van der Waals surface area contributed by atoms with Crippen molar-refractivity contribution < 1.29 is 18.7 Å². The van der Waals surface area contributed by atoms with Gasteiger partial charge in [0.05, 0.1) is 24.1 Å². The summed E-state index contributed by atoms with van der Waals surface area (Å²) in [6, 6.07) is 18.7. The molecule has 172 valence electrons. The number of ether oxygens (including phenoxy) is 1. The molecule has 0 aliphatic carbocycles. The number of hydrogen-bond acceptors (Lipinski definition) is 4. The van der Waals surface area contributed by atoms with Crippen molar-refractivity contribution in [3.8, 4) is 16.9 Å². The number of allylic oxidation sites excluding steroid dienone is 1. The van der Waals surface area contributed by atoms with E-state index >= 15 is 0 Å². The zero-order valence-corrected chi connectivity index (χ0v) is 19.3. The lowest BCUT2D eigenvalue weighted by molar-refractivity contribution is -0.111. The van der Waals surface area contributed by atoms with Gasteiger partial charge in [-0.15, -0.1) is 0 Å². The molecule has 0 spiro atoms. The summed E-state index contributed by atoms with van der Waals surface area (Å²) in [7, 11) is 0. The smallest absolute Gasteiger partial charge is 0.250 e. The molecular formula is C28H26N2O4. The molecule has 0 saturated carbocycles. The van der Waals surface area contributed by atoms with Gasteiger partial charge in [0.1, 0.15) is 11.3 Å². The molecule has 0 aliphatic heterocycles. The Bertz CT molecular complexity index is 1400. The lowest BCUT2D eigenvalue weighted by atomic mass is 9.98. The summed E-state index contributed by atoms with van der Waals surface area (Å²) < 4.78 is 11.7. The topological polar surface area (TPSA) is 94.6 Å². The molecule has 1 heterocycles. The van der Waals surface area contributed by atoms with Crippen LogP contribution in [-0.4, -0.2) is 18.4 Å². The van der Waals surface area contributed by atoms with E-state index in [2.05, 4.69) is 29.6 Å². The van der Waals surface area contributed by atoms with Crippen molar-refractivity contribution in [3.63, 3.8) is 0 Å². The van der Waals surface area contributed by atoms with Crippen LogP contribution in [0.25, 0.3) is 27.7 Å². The highest BCUT2D eigenvalue weighted by atomic mass is 16.5. The summed E-state index contributed by atoms with van der Waals surface area (Å²) in [6.45, 7) is 6.26. The second kappa shape index (κ2) is 9.67. The van der Waals surface area contributed by atoms with Crippen LogP contribution in [0.5, 0.6) is 5.75 Å². The Balaban J connectivity index is 1.72. The fraction of sp³-hybridized carbons (Fsp3) is 0.143. The Labute approximate surface area is 198 Å². The maximum atomic E-state index is 12.8. The van der Waals surface area contributed by atoms with Crippen LogP contribution >= 0.6 is 0 Å². The van der Waals surface area contributed by atoms with Crippen molar-refractivity contribution >= 4 is 34.0 Å². The summed E-state index contributed by atoms with van der Waals surface area (Å²) >= 11 is 0. The number of fused-ring (bicyclic) bond motifs is 1. The van der Waals surface area contributed by atoms with Crippen molar-refractivity contribution in [2.45, 2.75) is 20.8 Å². The lowest BCUT2D eigenvalue weighted by Crippen LogP contribution is -2.17. The molecule has 0 unspecified atom stereocenters. The third-order valence-corrected chi connectivity index (χ3v) is 5.56. The molecule has 2 amide bonds. The van der Waals surface area contributed by atoms with Crippen LogP contribution < -0.4 is 15.8 Å². The number of benzene rings is 3. The van der Waals surface area contributed by atoms with Gasteiger partial charge >= 0.3 is 0 Å². The van der Waals surface area contributed by atoms with Gasteiger partial charge in [-0.05, 0) is 50.1 Å². The number of nitrogens with two attached hydrogens (primary N) is 1. The van der Waals surface area contributed by atoms with Crippen molar-refractivity contribution in [1.29, 1.82) is 0 Å². The van der Waals surface area contributed by atoms with Crippen LogP contribution in [0.15, 0.2) is 77.4 Å². The van der Waals surface area contributed by atoms with Crippen LogP contribution in [-0.2, 0) is 4.79 Å². The number of primary amides is 1. The zero-order chi connectivity index (χ0) is 24.2. The molecule has 3 aromatic carbocycles. The van der Waals surface area contributed by atoms with Gasteiger partial charge in [0.15, 0.2) is 0 Å². The van der Waals surface area contributed by atoms with E-state index in [4.69, 9.17) is 14.9 Å². The average Bonchev–Trinajstić information content (AvgIpc) is 3.22. The fourth-order valence-corrected chi connectivity index (χ4v) is 3.84. The molecule has 4 aromatic rings. The van der Waals surface area contributed by atoms with Crippen molar-refractivity contribution in [2.75, 3.05) is 11.9 Å². The molecule has 0 aliphatic rings. The van der Waals surface area contributed by atoms with Gasteiger partial charge in [0.2, 0.25) is 5.91 Å². The number of hydrogen-bond donors (Lipinski definition) is 2. The van der Waals surface area contributed by atoms with E-state index in [9.17, 15) is 9.59 Å². The number of anilines is 1. The molecule has 6 heteroatoms. The largest absolute Gasteiger partial charge is 0.493 e. The van der Waals surface area contributed by atoms with Crippen LogP contribution in [0.3, 0.4) is 0 Å². The zero-order valence-electron chi connectivity index (χ0n) is 19.3. The Morgan fingerprint density at radius 3 is 2.50 bits per heavy atom. The second-order valence-corrected chi connectivity index (χ2v) is 8.02. The van der Waals surface area contributed by atoms with Crippen LogP contribution in [0.1, 0.15) is 35.3 Å². The number of furan rings is 1. The summed E-state index contributed by atoms with van der Waals surface area (Å²) in [5, 5.41) is 3.67. The Kier molecular flexibility index (Phi) is 6.50. The summed E-state index contributed by atoms with van der Waals surface area (Å²) in [4.78, 5) is 24.4. The van der Waals surface area contributed by atoms with E-state index in [0.717, 1.165) is 22.1 Å². The number of rotatable bonds is 7. The number of para-hydroxylation sites is 1. The first-order chi connectivity index (χ1) is 16.4. The molecule has 0 atom stereocenters. The first-order valence-corrected chi connectivity index (χ1v) is 11.0. The van der Waals surface area contributed by atoms with Gasteiger partial charge < -0.3 is 20.2 Å². The Morgan fingerprint density at radius 2 is 1.79 bits per heavy atom. The molecule has 0 fully saturated rings. The van der Waals surface area contributed by atoms with Gasteiger partial charge in [-0.3, -0.25) is 9.59 Å². The Hall–Kier alpha value is -4.32. The minimum atomic E-state index is -0.607. The number of carbonyl (C=O) groups excluding carboxylic acids is 2. The second-order valence-electron chi connectivity index (χ2n) is 8.02. The van der Waals surface area contributed by atoms with E-state index in [1.165, 1.54) is 11.6 Å². The molecule has 0 saturated heterocycles. The monoisotopic (exact) mass is 454 g/mol. The van der Waals surface area contributed by atoms with Crippen LogP contribution in [0.2, 0.25) is 0 Å². The summed E-state index contributed by atoms with van der Waals surface area (Å²) in [5.74, 6) is -0.358. The maximum absolute atomic E-state index is 12.8. The molecule has 0 bridgehead atoms. The minimum Gasteiger partial charge on any atom is -0.493 e. The molecule has 3 N–H and O–H groups in total. The van der Waals surface area contributed by atoms with Crippen LogP contribution in [0.4, 0.5) is 5.69 Å². The third-order valence-electron chi connectivity index (χ3n) is 5.56. The average molecular weight is 455 g/mol. The highest BCUT2D eigenvalue weighted by molar-refractivity contribution is 6.09. The highest BCUT2D eigenvalue weighted by Crippen LogP contribution is 2.37. The number of carbonyl (C=O) groups is 2. The lowest BCUT2D eigenvalue weighted by Gasteiger charge is -2.12. The molecular weight excluding hydrogens is 428 g/mol. The number of amides is 2. The van der Waals surface area contributed by atoms with Gasteiger partial charge in [-0.25, -0.2) is 0 Å². The first kappa shape index (κ1) is 22.9. The minimum absolute atomic E-state index is 0.250. The SMILES string of the molecule is CCOc1cc2occ(-c3ccc(C)cc3)c2cc1/C(C)=C/C(=O)Nc1ccccc1C(N)=O. The van der Waals surface area contributed by atoms with E-state index in [0.29, 0.717) is 29.2 Å². The first-order valence-electron chi connectivity index (χ1n) is 11.0. The molecule has 6 nitrogen and oxygen atoms in total. The molecule has 1 aromatic heterocycles. The standard InChI is InChI=1S/C28H26N2O4/c1-4-33-25-15-26-22(23(16-34-26)19-11-9-17(2)10-12-19)14-21(25)18(3)13-27(31)30-24-8-6-5-7-20(24)28(29)32/h5-16H,4H2,1-3H3,(H2,29,32)(H,30,31)/b18-13+. The van der Waals surface area contributed by atoms with Gasteiger partial charge in [-0.2, -0.15) is 0 Å². The Morgan fingerprint density at radius 1 is 1.06 bits per heavy atom. The van der Waals surface area contributed by atoms with E-state index in [-0.39, 0.29) is 11.5 Å². The van der Waals surface area contributed by atoms with Gasteiger partial charge in [0.25, 0.3) is 5.91 Å². The predicted molar refractivity (Wildman–Crippen MR) is 135 cm³/mol. The van der Waals surface area contributed by atoms with Crippen molar-refractivity contribution in [2.24, 2.45) is 5.73 Å². The maximum Gasteiger partial charge on any atom is 0.250 e. The van der Waals surface area contributed by atoms with Gasteiger partial charge in [-0.1, -0.05) is 42.0 Å². The third kappa shape index (κ3) is 4.71. The van der Waals surface area contributed by atoms with Crippen molar-refractivity contribution in [1.82, 2.24) is 0 Å². The quantitative estimate of drug-likeness (QED) is 0.338. The fourth-order valence-electron chi connectivity index (χ4n) is 3.84. The van der Waals surface area contributed by atoms with E-state index in [1.807, 2.05) is 32.9 Å². The molecule has 0 radical (unpaired) electrons. The van der Waals surface area contributed by atoms with Crippen molar-refractivity contribution in [3.05, 3.63) is 89.7 Å². The molecule has 34 heavy (non-hydrogen) atoms. The predicted octanol–water partition coefficient (Wildman–Crippen LogP) is 5.95. The molecule has 4 rings (SSSR count).